The third-order valence-corrected chi connectivity index (χ3v) is 3.89. The summed E-state index contributed by atoms with van der Waals surface area (Å²) in [5, 5.41) is 4.26. The van der Waals surface area contributed by atoms with Crippen LogP contribution in [0.5, 0.6) is 0 Å². The van der Waals surface area contributed by atoms with Crippen LogP contribution in [0.3, 0.4) is 0 Å². The number of benzene rings is 2. The Morgan fingerprint density at radius 3 is 2.55 bits per heavy atom. The van der Waals surface area contributed by atoms with Gasteiger partial charge in [0.1, 0.15) is 0 Å². The van der Waals surface area contributed by atoms with Gasteiger partial charge in [-0.05, 0) is 67.3 Å². The largest absolute Gasteiger partial charge is 0.313 e. The number of rotatable bonds is 5. The molecule has 0 aliphatic rings. The molecule has 1 nitrogen and oxygen atoms in total. The molecule has 0 bridgehead atoms. The highest BCUT2D eigenvalue weighted by atomic mass is 35.5. The van der Waals surface area contributed by atoms with Crippen molar-refractivity contribution in [1.82, 2.24) is 5.32 Å². The van der Waals surface area contributed by atoms with E-state index >= 15 is 0 Å². The highest BCUT2D eigenvalue weighted by molar-refractivity contribution is 6.33. The molecule has 0 atom stereocenters. The zero-order valence-corrected chi connectivity index (χ0v) is 13.2. The van der Waals surface area contributed by atoms with Gasteiger partial charge in [-0.2, -0.15) is 0 Å². The lowest BCUT2D eigenvalue weighted by Gasteiger charge is -2.10. The van der Waals surface area contributed by atoms with Gasteiger partial charge >= 0.3 is 0 Å². The fourth-order valence-corrected chi connectivity index (χ4v) is 2.59. The van der Waals surface area contributed by atoms with Crippen molar-refractivity contribution in [3.63, 3.8) is 0 Å². The zero-order valence-electron chi connectivity index (χ0n) is 12.5. The first kappa shape index (κ1) is 15.1. The number of hydrogen-bond donors (Lipinski definition) is 1. The first-order valence-corrected chi connectivity index (χ1v) is 7.56. The van der Waals surface area contributed by atoms with Crippen molar-refractivity contribution in [2.75, 3.05) is 6.54 Å². The van der Waals surface area contributed by atoms with Gasteiger partial charge in [0.15, 0.2) is 0 Å². The van der Waals surface area contributed by atoms with Crippen LogP contribution >= 0.6 is 11.6 Å². The molecule has 20 heavy (non-hydrogen) atoms. The Kier molecular flexibility index (Phi) is 5.22. The maximum Gasteiger partial charge on any atom is 0.0487 e. The topological polar surface area (TPSA) is 12.0 Å². The lowest BCUT2D eigenvalue weighted by atomic mass is 9.99. The third kappa shape index (κ3) is 3.62. The minimum atomic E-state index is 0.826. The van der Waals surface area contributed by atoms with Crippen LogP contribution in [-0.2, 0) is 6.54 Å². The van der Waals surface area contributed by atoms with E-state index in [1.807, 2.05) is 6.07 Å². The summed E-state index contributed by atoms with van der Waals surface area (Å²) >= 11 is 6.40. The quantitative estimate of drug-likeness (QED) is 0.752. The Hall–Kier alpha value is -1.31. The predicted molar refractivity (Wildman–Crippen MR) is 88.4 cm³/mol. The highest BCUT2D eigenvalue weighted by Gasteiger charge is 2.06. The smallest absolute Gasteiger partial charge is 0.0487 e. The number of halogens is 1. The zero-order chi connectivity index (χ0) is 14.5. The number of aryl methyl sites for hydroxylation is 2. The normalized spacial score (nSPS) is 10.8. The summed E-state index contributed by atoms with van der Waals surface area (Å²) in [6.07, 6.45) is 1.16. The first-order valence-electron chi connectivity index (χ1n) is 7.18. The SMILES string of the molecule is CCCNCc1cccc(-c2cc(C)c(C)cc2Cl)c1. The molecule has 0 saturated carbocycles. The maximum atomic E-state index is 6.40. The molecule has 0 heterocycles. The first-order chi connectivity index (χ1) is 9.61. The van der Waals surface area contributed by atoms with Crippen LogP contribution in [0.25, 0.3) is 11.1 Å². The van der Waals surface area contributed by atoms with Crippen molar-refractivity contribution in [2.24, 2.45) is 0 Å². The summed E-state index contributed by atoms with van der Waals surface area (Å²) in [5.74, 6) is 0. The number of nitrogens with one attached hydrogen (secondary N) is 1. The Labute approximate surface area is 127 Å². The number of hydrogen-bond acceptors (Lipinski definition) is 1. The van der Waals surface area contributed by atoms with Crippen LogP contribution in [0.2, 0.25) is 5.02 Å². The van der Waals surface area contributed by atoms with Crippen molar-refractivity contribution in [3.05, 3.63) is 58.1 Å². The van der Waals surface area contributed by atoms with Gasteiger partial charge in [0.05, 0.1) is 0 Å². The van der Waals surface area contributed by atoms with Crippen molar-refractivity contribution < 1.29 is 0 Å². The van der Waals surface area contributed by atoms with Crippen molar-refractivity contribution in [3.8, 4) is 11.1 Å². The summed E-state index contributed by atoms with van der Waals surface area (Å²) in [4.78, 5) is 0. The molecule has 1 N–H and O–H groups in total. The molecule has 0 aromatic heterocycles. The molecule has 0 aliphatic heterocycles. The Morgan fingerprint density at radius 2 is 1.80 bits per heavy atom. The van der Waals surface area contributed by atoms with Gasteiger partial charge in [-0.15, -0.1) is 0 Å². The Morgan fingerprint density at radius 1 is 1.05 bits per heavy atom. The molecule has 2 heteroatoms. The van der Waals surface area contributed by atoms with Gasteiger partial charge < -0.3 is 5.32 Å². The van der Waals surface area contributed by atoms with E-state index in [2.05, 4.69) is 56.4 Å². The van der Waals surface area contributed by atoms with Gasteiger partial charge in [-0.1, -0.05) is 36.7 Å². The molecule has 0 aliphatic carbocycles. The van der Waals surface area contributed by atoms with Crippen molar-refractivity contribution in [2.45, 2.75) is 33.7 Å². The Bertz CT molecular complexity index is 590. The molecule has 0 spiro atoms. The average Bonchev–Trinajstić information content (AvgIpc) is 2.43. The molecule has 2 aromatic carbocycles. The molecule has 0 amide bonds. The standard InChI is InChI=1S/C18H22ClN/c1-4-8-20-12-15-6-5-7-16(11-15)17-9-13(2)14(3)10-18(17)19/h5-7,9-11,20H,4,8,12H2,1-3H3. The predicted octanol–water partition coefficient (Wildman–Crippen LogP) is 5.12. The summed E-state index contributed by atoms with van der Waals surface area (Å²) in [5.41, 5.74) is 6.12. The maximum absolute atomic E-state index is 6.40. The van der Waals surface area contributed by atoms with Gasteiger partial charge in [0.2, 0.25) is 0 Å². The summed E-state index contributed by atoms with van der Waals surface area (Å²) < 4.78 is 0. The van der Waals surface area contributed by atoms with Gasteiger partial charge in [0, 0.05) is 17.1 Å². The Balaban J connectivity index is 2.29. The molecule has 0 unspecified atom stereocenters. The second kappa shape index (κ2) is 6.92. The molecule has 0 saturated heterocycles. The lowest BCUT2D eigenvalue weighted by Crippen LogP contribution is -2.13. The molecular weight excluding hydrogens is 266 g/mol. The van der Waals surface area contributed by atoms with Gasteiger partial charge in [-0.25, -0.2) is 0 Å². The second-order valence-electron chi connectivity index (χ2n) is 5.29. The van der Waals surface area contributed by atoms with Crippen LogP contribution in [0.4, 0.5) is 0 Å². The van der Waals surface area contributed by atoms with E-state index in [0.29, 0.717) is 0 Å². The van der Waals surface area contributed by atoms with Crippen molar-refractivity contribution in [1.29, 1.82) is 0 Å². The van der Waals surface area contributed by atoms with Gasteiger partial charge in [0.25, 0.3) is 0 Å². The van der Waals surface area contributed by atoms with Crippen LogP contribution in [0, 0.1) is 13.8 Å². The molecular formula is C18H22ClN. The summed E-state index contributed by atoms with van der Waals surface area (Å²) in [7, 11) is 0. The lowest BCUT2D eigenvalue weighted by molar-refractivity contribution is 0.675. The monoisotopic (exact) mass is 287 g/mol. The van der Waals surface area contributed by atoms with E-state index in [0.717, 1.165) is 30.1 Å². The molecule has 0 fully saturated rings. The van der Waals surface area contributed by atoms with Crippen LogP contribution < -0.4 is 5.32 Å². The second-order valence-corrected chi connectivity index (χ2v) is 5.70. The van der Waals surface area contributed by atoms with Crippen molar-refractivity contribution >= 4 is 11.6 Å². The van der Waals surface area contributed by atoms with Gasteiger partial charge in [-0.3, -0.25) is 0 Å². The van der Waals surface area contributed by atoms with E-state index in [1.54, 1.807) is 0 Å². The van der Waals surface area contributed by atoms with Crippen LogP contribution in [0.15, 0.2) is 36.4 Å². The van der Waals surface area contributed by atoms with Crippen LogP contribution in [0.1, 0.15) is 30.0 Å². The minimum Gasteiger partial charge on any atom is -0.313 e. The molecule has 2 aromatic rings. The summed E-state index contributed by atoms with van der Waals surface area (Å²) in [6, 6.07) is 12.8. The van der Waals surface area contributed by atoms with Crippen LogP contribution in [-0.4, -0.2) is 6.54 Å². The molecule has 106 valence electrons. The summed E-state index contributed by atoms with van der Waals surface area (Å²) in [6.45, 7) is 8.36. The van der Waals surface area contributed by atoms with E-state index in [1.165, 1.54) is 22.3 Å². The fraction of sp³-hybridized carbons (Fsp3) is 0.333. The minimum absolute atomic E-state index is 0.826. The molecule has 2 rings (SSSR count). The van der Waals surface area contributed by atoms with E-state index < -0.39 is 0 Å². The van der Waals surface area contributed by atoms with E-state index in [-0.39, 0.29) is 0 Å². The fourth-order valence-electron chi connectivity index (χ4n) is 2.26. The van der Waals surface area contributed by atoms with E-state index in [9.17, 15) is 0 Å². The van der Waals surface area contributed by atoms with E-state index in [4.69, 9.17) is 11.6 Å². The highest BCUT2D eigenvalue weighted by Crippen LogP contribution is 2.31. The third-order valence-electron chi connectivity index (χ3n) is 3.58. The average molecular weight is 288 g/mol. The molecule has 0 radical (unpaired) electrons.